The van der Waals surface area contributed by atoms with Crippen LogP contribution in [0.4, 0.5) is 0 Å². The maximum atomic E-state index is 12.7. The molecule has 110 valence electrons. The molecule has 1 heterocycles. The number of hydrogen-bond donors (Lipinski definition) is 1. The van der Waals surface area contributed by atoms with Crippen molar-refractivity contribution in [2.24, 2.45) is 23.7 Å². The molecule has 5 unspecified atom stereocenters. The Morgan fingerprint density at radius 1 is 1.25 bits per heavy atom. The zero-order valence-corrected chi connectivity index (χ0v) is 11.7. The maximum Gasteiger partial charge on any atom is 0.307 e. The van der Waals surface area contributed by atoms with Crippen LogP contribution >= 0.6 is 0 Å². The van der Waals surface area contributed by atoms with Gasteiger partial charge in [0, 0.05) is 20.2 Å². The number of allylic oxidation sites excluding steroid dienone is 2. The SMILES string of the molecule is COC1CCCN(C(=O)C2C3C=CC(C3)C2C(=O)O)C1. The number of fused-ring (bicyclic) bond motifs is 2. The minimum atomic E-state index is -0.833. The van der Waals surface area contributed by atoms with Crippen LogP contribution < -0.4 is 0 Å². The Morgan fingerprint density at radius 2 is 1.95 bits per heavy atom. The lowest BCUT2D eigenvalue weighted by Gasteiger charge is -2.36. The summed E-state index contributed by atoms with van der Waals surface area (Å²) in [5.41, 5.74) is 0. The van der Waals surface area contributed by atoms with Crippen LogP contribution in [-0.4, -0.2) is 48.2 Å². The number of amides is 1. The van der Waals surface area contributed by atoms with Crippen LogP contribution in [0.5, 0.6) is 0 Å². The number of aliphatic carboxylic acids is 1. The Labute approximate surface area is 118 Å². The van der Waals surface area contributed by atoms with E-state index in [9.17, 15) is 14.7 Å². The van der Waals surface area contributed by atoms with Gasteiger partial charge in [-0.25, -0.2) is 0 Å². The molecule has 1 N–H and O–H groups in total. The molecular weight excluding hydrogens is 258 g/mol. The Bertz CT molecular complexity index is 447. The van der Waals surface area contributed by atoms with Gasteiger partial charge in [0.05, 0.1) is 17.9 Å². The van der Waals surface area contributed by atoms with Crippen molar-refractivity contribution in [3.05, 3.63) is 12.2 Å². The zero-order chi connectivity index (χ0) is 14.3. The molecule has 0 aromatic rings. The number of carboxylic acids is 1. The molecule has 5 nitrogen and oxygen atoms in total. The lowest BCUT2D eigenvalue weighted by atomic mass is 9.81. The van der Waals surface area contributed by atoms with Crippen LogP contribution in [0.2, 0.25) is 0 Å². The Morgan fingerprint density at radius 3 is 2.60 bits per heavy atom. The maximum absolute atomic E-state index is 12.7. The number of hydrogen-bond acceptors (Lipinski definition) is 3. The van der Waals surface area contributed by atoms with Crippen molar-refractivity contribution in [2.75, 3.05) is 20.2 Å². The van der Waals surface area contributed by atoms with Crippen LogP contribution in [0.3, 0.4) is 0 Å². The molecule has 1 aliphatic heterocycles. The van der Waals surface area contributed by atoms with E-state index in [1.54, 1.807) is 7.11 Å². The molecule has 5 heteroatoms. The lowest BCUT2D eigenvalue weighted by Crippen LogP contribution is -2.48. The summed E-state index contributed by atoms with van der Waals surface area (Å²) >= 11 is 0. The summed E-state index contributed by atoms with van der Waals surface area (Å²) in [7, 11) is 1.67. The topological polar surface area (TPSA) is 66.8 Å². The van der Waals surface area contributed by atoms with Gasteiger partial charge in [-0.3, -0.25) is 9.59 Å². The molecule has 0 spiro atoms. The smallest absolute Gasteiger partial charge is 0.307 e. The summed E-state index contributed by atoms with van der Waals surface area (Å²) in [5.74, 6) is -1.60. The highest BCUT2D eigenvalue weighted by Crippen LogP contribution is 2.48. The predicted molar refractivity (Wildman–Crippen MR) is 72.0 cm³/mol. The summed E-state index contributed by atoms with van der Waals surface area (Å²) in [5, 5.41) is 9.42. The van der Waals surface area contributed by atoms with Gasteiger partial charge < -0.3 is 14.7 Å². The second-order valence-corrected chi connectivity index (χ2v) is 6.12. The molecule has 0 radical (unpaired) electrons. The number of carboxylic acid groups (broad SMARTS) is 1. The average Bonchev–Trinajstić information content (AvgIpc) is 3.07. The number of carbonyl (C=O) groups is 2. The van der Waals surface area contributed by atoms with Gasteiger partial charge in [-0.05, 0) is 31.1 Å². The van der Waals surface area contributed by atoms with Crippen molar-refractivity contribution >= 4 is 11.9 Å². The fourth-order valence-electron chi connectivity index (χ4n) is 4.04. The van der Waals surface area contributed by atoms with Crippen molar-refractivity contribution in [3.63, 3.8) is 0 Å². The largest absolute Gasteiger partial charge is 0.481 e. The van der Waals surface area contributed by atoms with Crippen molar-refractivity contribution in [3.8, 4) is 0 Å². The van der Waals surface area contributed by atoms with E-state index in [0.717, 1.165) is 25.8 Å². The second-order valence-electron chi connectivity index (χ2n) is 6.12. The van der Waals surface area contributed by atoms with Gasteiger partial charge in [-0.15, -0.1) is 0 Å². The normalized spacial score (nSPS) is 39.2. The Kier molecular flexibility index (Phi) is 3.54. The highest BCUT2D eigenvalue weighted by Gasteiger charge is 2.52. The average molecular weight is 279 g/mol. The van der Waals surface area contributed by atoms with Gasteiger partial charge in [0.1, 0.15) is 0 Å². The number of carbonyl (C=O) groups excluding carboxylic acids is 1. The molecule has 1 saturated heterocycles. The van der Waals surface area contributed by atoms with Crippen LogP contribution in [0.15, 0.2) is 12.2 Å². The first-order valence-electron chi connectivity index (χ1n) is 7.34. The molecule has 3 aliphatic rings. The summed E-state index contributed by atoms with van der Waals surface area (Å²) in [6.07, 6.45) is 6.81. The van der Waals surface area contributed by atoms with Gasteiger partial charge in [0.2, 0.25) is 5.91 Å². The quantitative estimate of drug-likeness (QED) is 0.787. The summed E-state index contributed by atoms with van der Waals surface area (Å²) in [4.78, 5) is 26.0. The molecule has 0 aromatic carbocycles. The number of methoxy groups -OCH3 is 1. The molecule has 1 amide bonds. The zero-order valence-electron chi connectivity index (χ0n) is 11.7. The summed E-state index contributed by atoms with van der Waals surface area (Å²) < 4.78 is 5.35. The minimum Gasteiger partial charge on any atom is -0.481 e. The molecule has 2 aliphatic carbocycles. The fraction of sp³-hybridized carbons (Fsp3) is 0.733. The number of piperidine rings is 1. The van der Waals surface area contributed by atoms with E-state index in [0.29, 0.717) is 6.54 Å². The van der Waals surface area contributed by atoms with E-state index >= 15 is 0 Å². The summed E-state index contributed by atoms with van der Waals surface area (Å²) in [6.45, 7) is 1.32. The first kappa shape index (κ1) is 13.6. The third-order valence-corrected chi connectivity index (χ3v) is 5.05. The Hall–Kier alpha value is -1.36. The van der Waals surface area contributed by atoms with E-state index in [-0.39, 0.29) is 29.8 Å². The number of ether oxygens (including phenoxy) is 1. The van der Waals surface area contributed by atoms with Crippen LogP contribution in [0.25, 0.3) is 0 Å². The number of rotatable bonds is 3. The van der Waals surface area contributed by atoms with Gasteiger partial charge >= 0.3 is 5.97 Å². The van der Waals surface area contributed by atoms with Crippen molar-refractivity contribution in [2.45, 2.75) is 25.4 Å². The van der Waals surface area contributed by atoms with E-state index in [1.165, 1.54) is 0 Å². The highest BCUT2D eigenvalue weighted by atomic mass is 16.5. The van der Waals surface area contributed by atoms with Crippen LogP contribution in [-0.2, 0) is 14.3 Å². The Balaban J connectivity index is 1.76. The first-order chi connectivity index (χ1) is 9.61. The predicted octanol–water partition coefficient (Wildman–Crippen LogP) is 1.15. The molecule has 3 rings (SSSR count). The van der Waals surface area contributed by atoms with E-state index in [1.807, 2.05) is 17.1 Å². The number of nitrogens with zero attached hydrogens (tertiary/aromatic N) is 1. The van der Waals surface area contributed by atoms with Crippen molar-refractivity contribution in [1.29, 1.82) is 0 Å². The molecule has 1 saturated carbocycles. The van der Waals surface area contributed by atoms with E-state index < -0.39 is 11.9 Å². The molecule has 2 fully saturated rings. The van der Waals surface area contributed by atoms with Crippen molar-refractivity contribution in [1.82, 2.24) is 4.90 Å². The van der Waals surface area contributed by atoms with Crippen LogP contribution in [0.1, 0.15) is 19.3 Å². The monoisotopic (exact) mass is 279 g/mol. The van der Waals surface area contributed by atoms with E-state index in [2.05, 4.69) is 0 Å². The van der Waals surface area contributed by atoms with Crippen molar-refractivity contribution < 1.29 is 19.4 Å². The molecule has 5 atom stereocenters. The van der Waals surface area contributed by atoms with Gasteiger partial charge in [-0.1, -0.05) is 12.2 Å². The molecule has 0 aromatic heterocycles. The second kappa shape index (κ2) is 5.20. The minimum absolute atomic E-state index is 0.0102. The molecular formula is C15H21NO4. The highest BCUT2D eigenvalue weighted by molar-refractivity contribution is 5.87. The van der Waals surface area contributed by atoms with Gasteiger partial charge in [0.15, 0.2) is 0 Å². The van der Waals surface area contributed by atoms with Gasteiger partial charge in [-0.2, -0.15) is 0 Å². The van der Waals surface area contributed by atoms with E-state index in [4.69, 9.17) is 4.74 Å². The summed E-state index contributed by atoms with van der Waals surface area (Å²) in [6, 6.07) is 0. The third kappa shape index (κ3) is 2.14. The molecule has 20 heavy (non-hydrogen) atoms. The fourth-order valence-corrected chi connectivity index (χ4v) is 4.04. The van der Waals surface area contributed by atoms with Gasteiger partial charge in [0.25, 0.3) is 0 Å². The van der Waals surface area contributed by atoms with Crippen LogP contribution in [0, 0.1) is 23.7 Å². The third-order valence-electron chi connectivity index (χ3n) is 5.05. The first-order valence-corrected chi connectivity index (χ1v) is 7.34. The lowest BCUT2D eigenvalue weighted by molar-refractivity contribution is -0.152. The standard InChI is InChI=1S/C15H21NO4/c1-20-11-3-2-6-16(8-11)14(17)12-9-4-5-10(7-9)13(12)15(18)19/h4-5,9-13H,2-3,6-8H2,1H3,(H,18,19). The number of likely N-dealkylation sites (tertiary alicyclic amines) is 1. The molecule has 2 bridgehead atoms.